The van der Waals surface area contributed by atoms with Crippen LogP contribution in [0.2, 0.25) is 5.02 Å². The van der Waals surface area contributed by atoms with Crippen molar-refractivity contribution in [3.05, 3.63) is 52.6 Å². The second-order valence-corrected chi connectivity index (χ2v) is 6.02. The first kappa shape index (κ1) is 19.4. The van der Waals surface area contributed by atoms with Crippen molar-refractivity contribution in [2.75, 3.05) is 20.5 Å². The van der Waals surface area contributed by atoms with Crippen molar-refractivity contribution in [1.82, 2.24) is 0 Å². The van der Waals surface area contributed by atoms with Gasteiger partial charge in [0.05, 0.1) is 12.1 Å². The molecule has 28 heavy (non-hydrogen) atoms. The minimum Gasteiger partial charge on any atom is -0.493 e. The molecule has 0 saturated heterocycles. The fourth-order valence-corrected chi connectivity index (χ4v) is 2.78. The smallest absolute Gasteiger partial charge is 0.331 e. The normalized spacial score (nSPS) is 11.9. The van der Waals surface area contributed by atoms with Gasteiger partial charge >= 0.3 is 5.97 Å². The van der Waals surface area contributed by atoms with E-state index in [4.69, 9.17) is 40.5 Å². The number of ether oxygens (including phenoxy) is 5. The van der Waals surface area contributed by atoms with E-state index < -0.39 is 5.97 Å². The number of benzene rings is 2. The van der Waals surface area contributed by atoms with Gasteiger partial charge in [-0.15, -0.1) is 0 Å². The molecule has 0 radical (unpaired) electrons. The molecule has 0 N–H and O–H groups in total. The molecular weight excluding hydrogens is 386 g/mol. The van der Waals surface area contributed by atoms with Gasteiger partial charge in [0.2, 0.25) is 6.79 Å². The van der Waals surface area contributed by atoms with Crippen molar-refractivity contribution in [1.29, 1.82) is 5.26 Å². The number of esters is 1. The molecule has 1 heterocycles. The third-order valence-electron chi connectivity index (χ3n) is 3.76. The molecule has 0 unspecified atom stereocenters. The van der Waals surface area contributed by atoms with Crippen LogP contribution in [0, 0.1) is 11.3 Å². The highest BCUT2D eigenvalue weighted by molar-refractivity contribution is 6.32. The fourth-order valence-electron chi connectivity index (χ4n) is 2.49. The monoisotopic (exact) mass is 401 g/mol. The maximum atomic E-state index is 12.0. The molecule has 0 aliphatic carbocycles. The number of halogens is 1. The Bertz CT molecular complexity index is 950. The minimum absolute atomic E-state index is 0.0454. The number of nitrogens with zero attached hydrogens (tertiary/aromatic N) is 1. The van der Waals surface area contributed by atoms with Crippen LogP contribution in [-0.2, 0) is 16.1 Å². The van der Waals surface area contributed by atoms with Crippen molar-refractivity contribution in [2.45, 2.75) is 6.61 Å². The molecule has 0 fully saturated rings. The highest BCUT2D eigenvalue weighted by Crippen LogP contribution is 2.39. The summed E-state index contributed by atoms with van der Waals surface area (Å²) in [5, 5.41) is 8.99. The van der Waals surface area contributed by atoms with Gasteiger partial charge in [-0.25, -0.2) is 4.79 Å². The topological polar surface area (TPSA) is 87.0 Å². The number of methoxy groups -OCH3 is 1. The van der Waals surface area contributed by atoms with Gasteiger partial charge in [-0.1, -0.05) is 17.7 Å². The lowest BCUT2D eigenvalue weighted by molar-refractivity contribution is -0.138. The molecule has 0 saturated carbocycles. The summed E-state index contributed by atoms with van der Waals surface area (Å²) in [7, 11) is 1.49. The first-order chi connectivity index (χ1) is 13.6. The molecule has 8 heteroatoms. The number of carbonyl (C=O) groups excluding carboxylic acids is 1. The van der Waals surface area contributed by atoms with Crippen LogP contribution in [0.3, 0.4) is 0 Å². The predicted octanol–water partition coefficient (Wildman–Crippen LogP) is 3.74. The number of hydrogen-bond acceptors (Lipinski definition) is 7. The first-order valence-corrected chi connectivity index (χ1v) is 8.59. The Kier molecular flexibility index (Phi) is 6.25. The summed E-state index contributed by atoms with van der Waals surface area (Å²) in [6.07, 6.45) is 2.89. The lowest BCUT2D eigenvalue weighted by atomic mass is 10.2. The number of hydrogen-bond donors (Lipinski definition) is 0. The van der Waals surface area contributed by atoms with E-state index in [0.717, 1.165) is 0 Å². The second-order valence-electron chi connectivity index (χ2n) is 5.61. The molecule has 1 aliphatic rings. The number of fused-ring (bicyclic) bond motifs is 1. The van der Waals surface area contributed by atoms with Crippen LogP contribution in [0.1, 0.15) is 11.1 Å². The molecule has 0 atom stereocenters. The minimum atomic E-state index is -0.516. The predicted molar refractivity (Wildman–Crippen MR) is 101 cm³/mol. The number of carbonyl (C=O) groups is 1. The summed E-state index contributed by atoms with van der Waals surface area (Å²) in [6.45, 7) is 0.0797. The summed E-state index contributed by atoms with van der Waals surface area (Å²) in [4.78, 5) is 12.0. The quantitative estimate of drug-likeness (QED) is 0.516. The maximum Gasteiger partial charge on any atom is 0.331 e. The van der Waals surface area contributed by atoms with Gasteiger partial charge in [0.1, 0.15) is 12.7 Å². The molecule has 1 aliphatic heterocycles. The van der Waals surface area contributed by atoms with E-state index in [-0.39, 0.29) is 20.0 Å². The second kappa shape index (κ2) is 9.02. The maximum absolute atomic E-state index is 12.0. The van der Waals surface area contributed by atoms with Crippen LogP contribution < -0.4 is 18.9 Å². The van der Waals surface area contributed by atoms with E-state index in [0.29, 0.717) is 39.1 Å². The lowest BCUT2D eigenvalue weighted by Crippen LogP contribution is -2.01. The Morgan fingerprint density at radius 1 is 1.29 bits per heavy atom. The third-order valence-corrected chi connectivity index (χ3v) is 4.04. The molecule has 7 nitrogen and oxygen atoms in total. The molecule has 0 bridgehead atoms. The standard InChI is InChI=1S/C20H16ClNO6/c1-24-17-9-13(2-4-16(17)25-7-6-22)3-5-19(23)26-11-14-8-15(21)20-18(10-14)27-12-28-20/h2-5,8-10H,7,11-12H2,1H3/b5-3+. The van der Waals surface area contributed by atoms with Crippen molar-refractivity contribution in [3.63, 3.8) is 0 Å². The largest absolute Gasteiger partial charge is 0.493 e. The third kappa shape index (κ3) is 4.67. The van der Waals surface area contributed by atoms with Crippen LogP contribution in [0.5, 0.6) is 23.0 Å². The van der Waals surface area contributed by atoms with Gasteiger partial charge in [0, 0.05) is 6.08 Å². The molecular formula is C20H16ClNO6. The first-order valence-electron chi connectivity index (χ1n) is 8.21. The zero-order valence-electron chi connectivity index (χ0n) is 14.9. The molecule has 2 aromatic carbocycles. The van der Waals surface area contributed by atoms with E-state index in [1.165, 1.54) is 13.2 Å². The zero-order chi connectivity index (χ0) is 19.9. The average molecular weight is 402 g/mol. The highest BCUT2D eigenvalue weighted by Gasteiger charge is 2.18. The number of rotatable bonds is 7. The van der Waals surface area contributed by atoms with Crippen LogP contribution >= 0.6 is 11.6 Å². The summed E-state index contributed by atoms with van der Waals surface area (Å²) in [6, 6.07) is 10.4. The molecule has 0 aromatic heterocycles. The van der Waals surface area contributed by atoms with Gasteiger partial charge in [-0.2, -0.15) is 5.26 Å². The van der Waals surface area contributed by atoms with Gasteiger partial charge in [0.15, 0.2) is 29.6 Å². The lowest BCUT2D eigenvalue weighted by Gasteiger charge is -2.08. The molecule has 2 aromatic rings. The Morgan fingerprint density at radius 3 is 2.93 bits per heavy atom. The van der Waals surface area contributed by atoms with Crippen molar-refractivity contribution in [3.8, 4) is 29.1 Å². The molecule has 144 valence electrons. The summed E-state index contributed by atoms with van der Waals surface area (Å²) >= 11 is 6.11. The Balaban J connectivity index is 1.60. The Hall–Kier alpha value is -3.37. The summed E-state index contributed by atoms with van der Waals surface area (Å²) < 4.78 is 26.2. The summed E-state index contributed by atoms with van der Waals surface area (Å²) in [5.74, 6) is 1.41. The SMILES string of the molecule is COc1cc(/C=C/C(=O)OCc2cc(Cl)c3c(c2)OCO3)ccc1OCC#N. The molecule has 3 rings (SSSR count). The van der Waals surface area contributed by atoms with Crippen LogP contribution in [0.15, 0.2) is 36.4 Å². The fraction of sp³-hybridized carbons (Fsp3) is 0.200. The van der Waals surface area contributed by atoms with Crippen molar-refractivity contribution in [2.24, 2.45) is 0 Å². The molecule has 0 amide bonds. The van der Waals surface area contributed by atoms with Crippen molar-refractivity contribution < 1.29 is 28.5 Å². The molecule has 0 spiro atoms. The highest BCUT2D eigenvalue weighted by atomic mass is 35.5. The number of nitriles is 1. The van der Waals surface area contributed by atoms with Crippen LogP contribution in [0.25, 0.3) is 6.08 Å². The van der Waals surface area contributed by atoms with Crippen molar-refractivity contribution >= 4 is 23.6 Å². The van der Waals surface area contributed by atoms with E-state index in [1.54, 1.807) is 36.4 Å². The van der Waals surface area contributed by atoms with E-state index in [2.05, 4.69) is 0 Å². The van der Waals surface area contributed by atoms with E-state index >= 15 is 0 Å². The van der Waals surface area contributed by atoms with Gasteiger partial charge < -0.3 is 23.7 Å². The van der Waals surface area contributed by atoms with E-state index in [1.807, 2.05) is 6.07 Å². The van der Waals surface area contributed by atoms with Gasteiger partial charge in [-0.05, 0) is 41.5 Å². The summed E-state index contributed by atoms with van der Waals surface area (Å²) in [5.41, 5.74) is 1.40. The van der Waals surface area contributed by atoms with E-state index in [9.17, 15) is 4.79 Å². The van der Waals surface area contributed by atoms with Crippen LogP contribution in [0.4, 0.5) is 0 Å². The van der Waals surface area contributed by atoms with Gasteiger partial charge in [-0.3, -0.25) is 0 Å². The Morgan fingerprint density at radius 2 is 2.14 bits per heavy atom. The van der Waals surface area contributed by atoms with Gasteiger partial charge in [0.25, 0.3) is 0 Å². The Labute approximate surface area is 166 Å². The average Bonchev–Trinajstić information content (AvgIpc) is 3.18. The van der Waals surface area contributed by atoms with Crippen LogP contribution in [-0.4, -0.2) is 26.5 Å². The zero-order valence-corrected chi connectivity index (χ0v) is 15.7.